The van der Waals surface area contributed by atoms with E-state index in [4.69, 9.17) is 32.7 Å². The Balaban J connectivity index is 2.15. The molecule has 0 aliphatic rings. The number of carboxylic acids is 1. The van der Waals surface area contributed by atoms with E-state index < -0.39 is 5.97 Å². The number of rotatable bonds is 2. The summed E-state index contributed by atoms with van der Waals surface area (Å²) in [5.41, 5.74) is 1.70. The monoisotopic (exact) mass is 307 g/mol. The van der Waals surface area contributed by atoms with E-state index in [9.17, 15) is 4.79 Å². The topological polar surface area (TPSA) is 63.3 Å². The van der Waals surface area contributed by atoms with Gasteiger partial charge in [-0.15, -0.1) is 0 Å². The fraction of sp³-hybridized carbons (Fsp3) is 0. The van der Waals surface area contributed by atoms with E-state index in [1.807, 2.05) is 0 Å². The molecule has 0 atom stereocenters. The van der Waals surface area contributed by atoms with Crippen LogP contribution in [0.4, 0.5) is 0 Å². The summed E-state index contributed by atoms with van der Waals surface area (Å²) >= 11 is 11.9. The van der Waals surface area contributed by atoms with Crippen molar-refractivity contribution in [1.82, 2.24) is 4.98 Å². The van der Waals surface area contributed by atoms with E-state index in [0.717, 1.165) is 0 Å². The van der Waals surface area contributed by atoms with Gasteiger partial charge in [0.15, 0.2) is 5.58 Å². The maximum Gasteiger partial charge on any atom is 0.335 e. The van der Waals surface area contributed by atoms with Gasteiger partial charge in [-0.3, -0.25) is 0 Å². The van der Waals surface area contributed by atoms with Crippen LogP contribution in [0.15, 0.2) is 40.8 Å². The number of aromatic carboxylic acids is 1. The van der Waals surface area contributed by atoms with Gasteiger partial charge in [-0.1, -0.05) is 23.2 Å². The number of carbonyl (C=O) groups is 1. The predicted molar refractivity (Wildman–Crippen MR) is 76.4 cm³/mol. The zero-order valence-corrected chi connectivity index (χ0v) is 11.4. The predicted octanol–water partition coefficient (Wildman–Crippen LogP) is 4.50. The summed E-state index contributed by atoms with van der Waals surface area (Å²) in [4.78, 5) is 15.2. The Morgan fingerprint density at radius 3 is 2.65 bits per heavy atom. The number of hydrogen-bond acceptors (Lipinski definition) is 3. The minimum Gasteiger partial charge on any atom is -0.478 e. The van der Waals surface area contributed by atoms with Gasteiger partial charge in [-0.05, 0) is 36.4 Å². The van der Waals surface area contributed by atoms with E-state index in [1.165, 1.54) is 12.1 Å². The summed E-state index contributed by atoms with van der Waals surface area (Å²) in [5, 5.41) is 9.88. The van der Waals surface area contributed by atoms with Gasteiger partial charge in [-0.25, -0.2) is 9.78 Å². The number of fused-ring (bicyclic) bond motifs is 1. The molecule has 6 heteroatoms. The number of hydrogen-bond donors (Lipinski definition) is 1. The average molecular weight is 308 g/mol. The van der Waals surface area contributed by atoms with Crippen LogP contribution in [-0.4, -0.2) is 16.1 Å². The Hall–Kier alpha value is -2.04. The summed E-state index contributed by atoms with van der Waals surface area (Å²) in [6.45, 7) is 0. The Labute approximate surface area is 123 Å². The van der Waals surface area contributed by atoms with Gasteiger partial charge in [0, 0.05) is 5.02 Å². The van der Waals surface area contributed by atoms with Crippen LogP contribution in [0.2, 0.25) is 10.0 Å². The van der Waals surface area contributed by atoms with Crippen molar-refractivity contribution in [2.24, 2.45) is 0 Å². The molecule has 0 aliphatic carbocycles. The molecule has 0 saturated carbocycles. The molecule has 0 spiro atoms. The molecule has 1 N–H and O–H groups in total. The fourth-order valence-corrected chi connectivity index (χ4v) is 2.33. The van der Waals surface area contributed by atoms with Gasteiger partial charge in [0.1, 0.15) is 5.52 Å². The summed E-state index contributed by atoms with van der Waals surface area (Å²) in [6.07, 6.45) is 0. The number of carboxylic acid groups (broad SMARTS) is 1. The number of oxazole rings is 1. The molecule has 100 valence electrons. The van der Waals surface area contributed by atoms with Crippen molar-refractivity contribution in [2.45, 2.75) is 0 Å². The van der Waals surface area contributed by atoms with Crippen LogP contribution in [-0.2, 0) is 0 Å². The lowest BCUT2D eigenvalue weighted by atomic mass is 10.2. The first-order chi connectivity index (χ1) is 9.54. The van der Waals surface area contributed by atoms with Crippen molar-refractivity contribution >= 4 is 40.3 Å². The Morgan fingerprint density at radius 2 is 1.95 bits per heavy atom. The Morgan fingerprint density at radius 1 is 1.15 bits per heavy atom. The van der Waals surface area contributed by atoms with Crippen LogP contribution in [0, 0.1) is 0 Å². The van der Waals surface area contributed by atoms with E-state index in [2.05, 4.69) is 4.98 Å². The van der Waals surface area contributed by atoms with Crippen molar-refractivity contribution in [3.63, 3.8) is 0 Å². The smallest absolute Gasteiger partial charge is 0.335 e. The largest absolute Gasteiger partial charge is 0.478 e. The lowest BCUT2D eigenvalue weighted by Gasteiger charge is -1.99. The van der Waals surface area contributed by atoms with Crippen molar-refractivity contribution in [1.29, 1.82) is 0 Å². The molecular formula is C14H7Cl2NO3. The van der Waals surface area contributed by atoms with Crippen LogP contribution in [0.3, 0.4) is 0 Å². The van der Waals surface area contributed by atoms with Gasteiger partial charge in [-0.2, -0.15) is 0 Å². The molecular weight excluding hydrogens is 301 g/mol. The van der Waals surface area contributed by atoms with Gasteiger partial charge in [0.25, 0.3) is 0 Å². The number of nitrogens with zero attached hydrogens (tertiary/aromatic N) is 1. The zero-order valence-electron chi connectivity index (χ0n) is 9.93. The van der Waals surface area contributed by atoms with E-state index in [-0.39, 0.29) is 5.56 Å². The third-order valence-electron chi connectivity index (χ3n) is 2.80. The third kappa shape index (κ3) is 2.24. The van der Waals surface area contributed by atoms with Crippen molar-refractivity contribution in [2.75, 3.05) is 0 Å². The quantitative estimate of drug-likeness (QED) is 0.757. The van der Waals surface area contributed by atoms with Crippen molar-refractivity contribution in [3.05, 3.63) is 52.0 Å². The highest BCUT2D eigenvalue weighted by atomic mass is 35.5. The minimum absolute atomic E-state index is 0.141. The molecule has 0 radical (unpaired) electrons. The molecule has 0 fully saturated rings. The van der Waals surface area contributed by atoms with Crippen molar-refractivity contribution in [3.8, 4) is 11.5 Å². The summed E-state index contributed by atoms with van der Waals surface area (Å²) in [7, 11) is 0. The molecule has 0 amide bonds. The molecule has 0 bridgehead atoms. The average Bonchev–Trinajstić information content (AvgIpc) is 2.80. The second kappa shape index (κ2) is 4.81. The van der Waals surface area contributed by atoms with Crippen LogP contribution in [0.1, 0.15) is 10.4 Å². The zero-order chi connectivity index (χ0) is 14.3. The standard InChI is InChI=1S/C14H7Cl2NO3/c15-8-2-3-9(10(16)6-8)13-17-11-4-1-7(14(18)19)5-12(11)20-13/h1-6H,(H,18,19). The molecule has 1 aromatic heterocycles. The van der Waals surface area contributed by atoms with Gasteiger partial charge >= 0.3 is 5.97 Å². The maximum atomic E-state index is 10.9. The number of aromatic nitrogens is 1. The molecule has 3 aromatic rings. The third-order valence-corrected chi connectivity index (χ3v) is 3.34. The maximum absolute atomic E-state index is 10.9. The molecule has 0 unspecified atom stereocenters. The van der Waals surface area contributed by atoms with Crippen LogP contribution < -0.4 is 0 Å². The van der Waals surface area contributed by atoms with Gasteiger partial charge < -0.3 is 9.52 Å². The summed E-state index contributed by atoms with van der Waals surface area (Å²) < 4.78 is 5.56. The molecule has 1 heterocycles. The SMILES string of the molecule is O=C(O)c1ccc2nc(-c3ccc(Cl)cc3Cl)oc2c1. The second-order valence-corrected chi connectivity index (χ2v) is 4.97. The van der Waals surface area contributed by atoms with Crippen LogP contribution in [0.5, 0.6) is 0 Å². The molecule has 0 saturated heterocycles. The highest BCUT2D eigenvalue weighted by Crippen LogP contribution is 2.32. The molecule has 2 aromatic carbocycles. The fourth-order valence-electron chi connectivity index (χ4n) is 1.84. The highest BCUT2D eigenvalue weighted by molar-refractivity contribution is 6.36. The highest BCUT2D eigenvalue weighted by Gasteiger charge is 2.13. The van der Waals surface area contributed by atoms with Crippen LogP contribution in [0.25, 0.3) is 22.6 Å². The van der Waals surface area contributed by atoms with Gasteiger partial charge in [0.2, 0.25) is 5.89 Å². The normalized spacial score (nSPS) is 10.9. The van der Waals surface area contributed by atoms with Gasteiger partial charge in [0.05, 0.1) is 16.1 Å². The number of halogens is 2. The van der Waals surface area contributed by atoms with E-state index >= 15 is 0 Å². The lowest BCUT2D eigenvalue weighted by molar-refractivity contribution is 0.0697. The number of benzene rings is 2. The Kier molecular flexibility index (Phi) is 3.12. The first-order valence-corrected chi connectivity index (χ1v) is 6.39. The second-order valence-electron chi connectivity index (χ2n) is 4.13. The summed E-state index contributed by atoms with van der Waals surface area (Å²) in [5.74, 6) is -0.696. The molecule has 0 aliphatic heterocycles. The van der Waals surface area contributed by atoms with E-state index in [1.54, 1.807) is 24.3 Å². The van der Waals surface area contributed by atoms with Crippen molar-refractivity contribution < 1.29 is 14.3 Å². The minimum atomic E-state index is -1.02. The molecule has 3 rings (SSSR count). The molecule has 4 nitrogen and oxygen atoms in total. The summed E-state index contributed by atoms with van der Waals surface area (Å²) in [6, 6.07) is 9.47. The lowest BCUT2D eigenvalue weighted by Crippen LogP contribution is -1.94. The van der Waals surface area contributed by atoms with E-state index in [0.29, 0.717) is 32.6 Å². The first-order valence-electron chi connectivity index (χ1n) is 5.64. The van der Waals surface area contributed by atoms with Crippen LogP contribution >= 0.6 is 23.2 Å². The molecule has 20 heavy (non-hydrogen) atoms. The Bertz CT molecular complexity index is 826. The first kappa shape index (κ1) is 13.0.